The molecule has 0 aliphatic carbocycles. The molecule has 5 nitrogen and oxygen atoms in total. The fourth-order valence-corrected chi connectivity index (χ4v) is 1.66. The van der Waals surface area contributed by atoms with Crippen LogP contribution in [0.5, 0.6) is 11.5 Å². The number of benzene rings is 1. The van der Waals surface area contributed by atoms with Gasteiger partial charge in [-0.3, -0.25) is 4.79 Å². The number of hydrogen-bond donors (Lipinski definition) is 0. The highest BCUT2D eigenvalue weighted by Gasteiger charge is 2.21. The summed E-state index contributed by atoms with van der Waals surface area (Å²) in [5.74, 6) is 1.23. The van der Waals surface area contributed by atoms with E-state index in [9.17, 15) is 4.79 Å². The molecule has 1 aromatic rings. The topological polar surface area (TPSA) is 54.0 Å². The minimum absolute atomic E-state index is 0.0600. The number of Topliss-reactive ketones (excluding diaryl/α,β-unsaturated/α-hetero) is 1. The van der Waals surface area contributed by atoms with Gasteiger partial charge in [-0.15, -0.1) is 0 Å². The number of ether oxygens (including phenoxy) is 4. The number of hydrogen-bond acceptors (Lipinski definition) is 5. The molecule has 90 valence electrons. The van der Waals surface area contributed by atoms with Crippen LogP contribution in [0.3, 0.4) is 0 Å². The minimum Gasteiger partial charge on any atom is -0.454 e. The fraction of sp³-hybridized carbons (Fsp3) is 0.417. The van der Waals surface area contributed by atoms with Gasteiger partial charge < -0.3 is 18.9 Å². The molecule has 0 saturated carbocycles. The van der Waals surface area contributed by atoms with Crippen LogP contribution in [0.4, 0.5) is 0 Å². The summed E-state index contributed by atoms with van der Waals surface area (Å²) < 4.78 is 20.7. The second kappa shape index (κ2) is 4.35. The van der Waals surface area contributed by atoms with Crippen LogP contribution in [0.15, 0.2) is 18.2 Å². The summed E-state index contributed by atoms with van der Waals surface area (Å²) >= 11 is 0. The first-order chi connectivity index (χ1) is 8.33. The lowest BCUT2D eigenvalue weighted by atomic mass is 10.1. The van der Waals surface area contributed by atoms with Gasteiger partial charge in [0, 0.05) is 5.56 Å². The molecule has 1 saturated heterocycles. The highest BCUT2D eigenvalue weighted by atomic mass is 16.7. The van der Waals surface area contributed by atoms with Crippen molar-refractivity contribution in [1.82, 2.24) is 0 Å². The maximum Gasteiger partial charge on any atom is 0.231 e. The predicted octanol–water partition coefficient (Wildman–Crippen LogP) is 1.01. The minimum atomic E-state index is -0.0600. The molecule has 2 aliphatic rings. The van der Waals surface area contributed by atoms with Gasteiger partial charge in [-0.2, -0.15) is 0 Å². The molecule has 3 rings (SSSR count). The SMILES string of the molecule is O=C(COC1COC1)c1ccc2c(c1)OCO2. The molecule has 0 atom stereocenters. The Balaban J connectivity index is 1.64. The molecule has 0 aromatic heterocycles. The van der Waals surface area contributed by atoms with Gasteiger partial charge in [-0.25, -0.2) is 0 Å². The molecule has 0 radical (unpaired) electrons. The van der Waals surface area contributed by atoms with E-state index in [0.717, 1.165) is 0 Å². The van der Waals surface area contributed by atoms with Crippen LogP contribution in [0.1, 0.15) is 10.4 Å². The molecule has 0 unspecified atom stereocenters. The van der Waals surface area contributed by atoms with Crippen LogP contribution in [-0.4, -0.2) is 38.5 Å². The third-order valence-corrected chi connectivity index (χ3v) is 2.75. The highest BCUT2D eigenvalue weighted by molar-refractivity contribution is 5.97. The zero-order chi connectivity index (χ0) is 11.7. The van der Waals surface area contributed by atoms with E-state index in [4.69, 9.17) is 18.9 Å². The van der Waals surface area contributed by atoms with Crippen LogP contribution in [0.25, 0.3) is 0 Å². The molecular weight excluding hydrogens is 224 g/mol. The number of carbonyl (C=O) groups is 1. The van der Waals surface area contributed by atoms with Gasteiger partial charge in [0.25, 0.3) is 0 Å². The van der Waals surface area contributed by atoms with Crippen molar-refractivity contribution < 1.29 is 23.7 Å². The molecule has 0 amide bonds. The molecule has 0 bridgehead atoms. The first-order valence-electron chi connectivity index (χ1n) is 5.45. The number of fused-ring (bicyclic) bond motifs is 1. The Kier molecular flexibility index (Phi) is 2.70. The van der Waals surface area contributed by atoms with Gasteiger partial charge in [0.2, 0.25) is 6.79 Å². The van der Waals surface area contributed by atoms with Crippen molar-refractivity contribution in [3.05, 3.63) is 23.8 Å². The molecule has 0 spiro atoms. The van der Waals surface area contributed by atoms with Gasteiger partial charge in [0.05, 0.1) is 13.2 Å². The quantitative estimate of drug-likeness (QED) is 0.730. The van der Waals surface area contributed by atoms with E-state index >= 15 is 0 Å². The largest absolute Gasteiger partial charge is 0.454 e. The van der Waals surface area contributed by atoms with Gasteiger partial charge in [-0.1, -0.05) is 0 Å². The smallest absolute Gasteiger partial charge is 0.231 e. The summed E-state index contributed by atoms with van der Waals surface area (Å²) in [6.07, 6.45) is 0.0629. The summed E-state index contributed by atoms with van der Waals surface area (Å²) in [5, 5.41) is 0. The van der Waals surface area contributed by atoms with Gasteiger partial charge >= 0.3 is 0 Å². The zero-order valence-corrected chi connectivity index (χ0v) is 9.18. The standard InChI is InChI=1S/C12H12O5/c13-10(6-15-9-4-14-5-9)8-1-2-11-12(3-8)17-7-16-11/h1-3,9H,4-7H2. The van der Waals surface area contributed by atoms with Crippen LogP contribution >= 0.6 is 0 Å². The Morgan fingerprint density at radius 2 is 2.12 bits per heavy atom. The summed E-state index contributed by atoms with van der Waals surface area (Å²) in [6, 6.07) is 5.14. The van der Waals surface area contributed by atoms with Crippen molar-refractivity contribution in [2.24, 2.45) is 0 Å². The second-order valence-electron chi connectivity index (χ2n) is 3.96. The lowest BCUT2D eigenvalue weighted by Crippen LogP contribution is -2.37. The predicted molar refractivity (Wildman–Crippen MR) is 57.5 cm³/mol. The Morgan fingerprint density at radius 3 is 2.88 bits per heavy atom. The number of rotatable bonds is 4. The Morgan fingerprint density at radius 1 is 1.29 bits per heavy atom. The Bertz CT molecular complexity index is 439. The van der Waals surface area contributed by atoms with E-state index in [-0.39, 0.29) is 25.3 Å². The Hall–Kier alpha value is -1.59. The van der Waals surface area contributed by atoms with E-state index in [1.807, 2.05) is 0 Å². The fourth-order valence-electron chi connectivity index (χ4n) is 1.66. The maximum absolute atomic E-state index is 11.8. The van der Waals surface area contributed by atoms with Gasteiger partial charge in [-0.05, 0) is 18.2 Å². The Labute approximate surface area is 98.2 Å². The normalized spacial score (nSPS) is 17.9. The highest BCUT2D eigenvalue weighted by Crippen LogP contribution is 2.32. The van der Waals surface area contributed by atoms with Gasteiger partial charge in [0.15, 0.2) is 17.3 Å². The van der Waals surface area contributed by atoms with Crippen molar-refractivity contribution in [1.29, 1.82) is 0 Å². The van der Waals surface area contributed by atoms with E-state index in [0.29, 0.717) is 30.3 Å². The molecular formula is C12H12O5. The van der Waals surface area contributed by atoms with Gasteiger partial charge in [0.1, 0.15) is 12.7 Å². The lowest BCUT2D eigenvalue weighted by Gasteiger charge is -2.25. The van der Waals surface area contributed by atoms with Crippen molar-refractivity contribution in [2.45, 2.75) is 6.10 Å². The molecule has 0 N–H and O–H groups in total. The summed E-state index contributed by atoms with van der Waals surface area (Å²) in [6.45, 7) is 1.44. The molecule has 17 heavy (non-hydrogen) atoms. The van der Waals surface area contributed by atoms with E-state index in [2.05, 4.69) is 0 Å². The molecule has 2 heterocycles. The third-order valence-electron chi connectivity index (χ3n) is 2.75. The van der Waals surface area contributed by atoms with Crippen LogP contribution in [0.2, 0.25) is 0 Å². The molecule has 1 aromatic carbocycles. The van der Waals surface area contributed by atoms with E-state index < -0.39 is 0 Å². The summed E-state index contributed by atoms with van der Waals surface area (Å²) in [5.41, 5.74) is 0.578. The monoisotopic (exact) mass is 236 g/mol. The summed E-state index contributed by atoms with van der Waals surface area (Å²) in [4.78, 5) is 11.8. The average molecular weight is 236 g/mol. The molecule has 5 heteroatoms. The van der Waals surface area contributed by atoms with E-state index in [1.165, 1.54) is 0 Å². The third kappa shape index (κ3) is 2.11. The second-order valence-corrected chi connectivity index (χ2v) is 3.96. The van der Waals surface area contributed by atoms with Crippen LogP contribution < -0.4 is 9.47 Å². The van der Waals surface area contributed by atoms with Crippen molar-refractivity contribution in [3.63, 3.8) is 0 Å². The zero-order valence-electron chi connectivity index (χ0n) is 9.18. The van der Waals surface area contributed by atoms with E-state index in [1.54, 1.807) is 18.2 Å². The first kappa shape index (κ1) is 10.6. The van der Waals surface area contributed by atoms with Crippen LogP contribution in [-0.2, 0) is 9.47 Å². The maximum atomic E-state index is 11.8. The van der Waals surface area contributed by atoms with Crippen LogP contribution in [0, 0.1) is 0 Å². The molecule has 2 aliphatic heterocycles. The van der Waals surface area contributed by atoms with Crippen molar-refractivity contribution >= 4 is 5.78 Å². The van der Waals surface area contributed by atoms with Crippen molar-refractivity contribution in [3.8, 4) is 11.5 Å². The van der Waals surface area contributed by atoms with Crippen molar-refractivity contribution in [2.75, 3.05) is 26.6 Å². The molecule has 1 fully saturated rings. The first-order valence-corrected chi connectivity index (χ1v) is 5.45. The lowest BCUT2D eigenvalue weighted by molar-refractivity contribution is -0.123. The average Bonchev–Trinajstić information content (AvgIpc) is 2.73. The number of ketones is 1. The number of carbonyl (C=O) groups excluding carboxylic acids is 1. The summed E-state index contributed by atoms with van der Waals surface area (Å²) in [7, 11) is 0.